The molecule has 0 aromatic carbocycles. The number of rotatable bonds is 2. The predicted molar refractivity (Wildman–Crippen MR) is 69.8 cm³/mol. The average molecular weight is 246 g/mol. The molecule has 3 rings (SSSR count). The van der Waals surface area contributed by atoms with Crippen LogP contribution in [-0.4, -0.2) is 43.1 Å². The molecule has 2 unspecified atom stereocenters. The van der Waals surface area contributed by atoms with E-state index in [2.05, 4.69) is 20.5 Å². The highest BCUT2D eigenvalue weighted by atomic mass is 16.1. The summed E-state index contributed by atoms with van der Waals surface area (Å²) in [5.41, 5.74) is 1.61. The van der Waals surface area contributed by atoms with Gasteiger partial charge >= 0.3 is 0 Å². The lowest BCUT2D eigenvalue weighted by molar-refractivity contribution is 0.0958. The van der Waals surface area contributed by atoms with Gasteiger partial charge in [-0.3, -0.25) is 4.79 Å². The fourth-order valence-corrected chi connectivity index (χ4v) is 3.00. The summed E-state index contributed by atoms with van der Waals surface area (Å²) in [6.07, 6.45) is 4.31. The third kappa shape index (κ3) is 1.84. The third-order valence-corrected chi connectivity index (χ3v) is 3.89. The van der Waals surface area contributed by atoms with Gasteiger partial charge in [-0.05, 0) is 25.0 Å². The zero-order chi connectivity index (χ0) is 12.5. The number of nitrogens with one attached hydrogen (secondary N) is 2. The highest BCUT2D eigenvalue weighted by Crippen LogP contribution is 2.31. The van der Waals surface area contributed by atoms with Crippen LogP contribution in [0.15, 0.2) is 18.3 Å². The van der Waals surface area contributed by atoms with Gasteiger partial charge in [-0.1, -0.05) is 0 Å². The number of pyridine rings is 1. The molecule has 2 N–H and O–H groups in total. The number of anilines is 1. The average Bonchev–Trinajstić information content (AvgIpc) is 2.67. The number of carbonyl (C=O) groups is 1. The molecule has 0 radical (unpaired) electrons. The van der Waals surface area contributed by atoms with Gasteiger partial charge in [0.15, 0.2) is 0 Å². The predicted octanol–water partition coefficient (Wildman–Crippen LogP) is 0.382. The Morgan fingerprint density at radius 3 is 2.67 bits per heavy atom. The summed E-state index contributed by atoms with van der Waals surface area (Å²) in [6.45, 7) is 2.10. The molecular formula is C13H18N4O. The van der Waals surface area contributed by atoms with E-state index in [1.54, 1.807) is 13.1 Å². The smallest absolute Gasteiger partial charge is 0.269 e. The SMILES string of the molecule is CNC(=O)c1ccc(N2C3CCC2CNC3)cn1. The first-order valence-electron chi connectivity index (χ1n) is 6.47. The summed E-state index contributed by atoms with van der Waals surface area (Å²) in [4.78, 5) is 18.1. The van der Waals surface area contributed by atoms with Crippen molar-refractivity contribution < 1.29 is 4.79 Å². The minimum atomic E-state index is -0.134. The van der Waals surface area contributed by atoms with Crippen LogP contribution in [-0.2, 0) is 0 Å². The number of fused-ring (bicyclic) bond motifs is 2. The minimum Gasteiger partial charge on any atom is -0.362 e. The molecule has 0 spiro atoms. The first-order valence-corrected chi connectivity index (χ1v) is 6.47. The van der Waals surface area contributed by atoms with Crippen molar-refractivity contribution in [3.8, 4) is 0 Å². The molecule has 2 saturated heterocycles. The van der Waals surface area contributed by atoms with Crippen molar-refractivity contribution in [2.45, 2.75) is 24.9 Å². The lowest BCUT2D eigenvalue weighted by Gasteiger charge is -2.37. The summed E-state index contributed by atoms with van der Waals surface area (Å²) in [7, 11) is 1.62. The maximum Gasteiger partial charge on any atom is 0.269 e. The molecule has 18 heavy (non-hydrogen) atoms. The number of hydrogen-bond donors (Lipinski definition) is 2. The Balaban J connectivity index is 1.83. The van der Waals surface area contributed by atoms with Crippen LogP contribution in [0.25, 0.3) is 0 Å². The Labute approximate surface area is 107 Å². The summed E-state index contributed by atoms with van der Waals surface area (Å²) in [5, 5.41) is 6.04. The van der Waals surface area contributed by atoms with E-state index in [4.69, 9.17) is 0 Å². The van der Waals surface area contributed by atoms with Crippen LogP contribution in [0.2, 0.25) is 0 Å². The molecule has 1 amide bonds. The van der Waals surface area contributed by atoms with E-state index in [1.165, 1.54) is 12.8 Å². The zero-order valence-electron chi connectivity index (χ0n) is 10.5. The summed E-state index contributed by atoms with van der Waals surface area (Å²) in [5.74, 6) is -0.134. The van der Waals surface area contributed by atoms with E-state index in [0.29, 0.717) is 17.8 Å². The van der Waals surface area contributed by atoms with Crippen LogP contribution >= 0.6 is 0 Å². The van der Waals surface area contributed by atoms with Gasteiger partial charge in [0.25, 0.3) is 5.91 Å². The Kier molecular flexibility index (Phi) is 2.91. The molecule has 5 nitrogen and oxygen atoms in total. The molecule has 2 aliphatic rings. The Bertz CT molecular complexity index is 429. The highest BCUT2D eigenvalue weighted by molar-refractivity contribution is 5.92. The number of nitrogens with zero attached hydrogens (tertiary/aromatic N) is 2. The van der Waals surface area contributed by atoms with E-state index < -0.39 is 0 Å². The van der Waals surface area contributed by atoms with E-state index >= 15 is 0 Å². The lowest BCUT2D eigenvalue weighted by Crippen LogP contribution is -2.52. The van der Waals surface area contributed by atoms with Crippen LogP contribution in [0.1, 0.15) is 23.3 Å². The fourth-order valence-electron chi connectivity index (χ4n) is 3.00. The molecule has 1 aromatic rings. The van der Waals surface area contributed by atoms with Crippen molar-refractivity contribution in [1.29, 1.82) is 0 Å². The molecule has 2 fully saturated rings. The van der Waals surface area contributed by atoms with Gasteiger partial charge in [-0.25, -0.2) is 4.98 Å². The maximum absolute atomic E-state index is 11.4. The molecule has 0 aliphatic carbocycles. The van der Waals surface area contributed by atoms with Gasteiger partial charge in [0.1, 0.15) is 5.69 Å². The monoisotopic (exact) mass is 246 g/mol. The molecule has 2 atom stereocenters. The zero-order valence-corrected chi connectivity index (χ0v) is 10.5. The highest BCUT2D eigenvalue weighted by Gasteiger charge is 2.36. The molecule has 3 heterocycles. The van der Waals surface area contributed by atoms with Crippen LogP contribution in [0.4, 0.5) is 5.69 Å². The molecular weight excluding hydrogens is 228 g/mol. The molecule has 5 heteroatoms. The van der Waals surface area contributed by atoms with Crippen LogP contribution in [0, 0.1) is 0 Å². The van der Waals surface area contributed by atoms with Gasteiger partial charge in [-0.2, -0.15) is 0 Å². The number of carbonyl (C=O) groups excluding carboxylic acids is 1. The summed E-state index contributed by atoms with van der Waals surface area (Å²) >= 11 is 0. The Morgan fingerprint density at radius 1 is 1.39 bits per heavy atom. The number of piperazine rings is 1. The fraction of sp³-hybridized carbons (Fsp3) is 0.538. The number of amides is 1. The van der Waals surface area contributed by atoms with Gasteiger partial charge in [0, 0.05) is 32.2 Å². The first-order chi connectivity index (χ1) is 8.79. The topological polar surface area (TPSA) is 57.3 Å². The largest absolute Gasteiger partial charge is 0.362 e. The van der Waals surface area contributed by atoms with Crippen molar-refractivity contribution in [3.63, 3.8) is 0 Å². The third-order valence-electron chi connectivity index (χ3n) is 3.89. The molecule has 96 valence electrons. The van der Waals surface area contributed by atoms with Crippen molar-refractivity contribution in [2.75, 3.05) is 25.0 Å². The second kappa shape index (κ2) is 4.57. The molecule has 0 saturated carbocycles. The van der Waals surface area contributed by atoms with Gasteiger partial charge < -0.3 is 15.5 Å². The number of aromatic nitrogens is 1. The number of hydrogen-bond acceptors (Lipinski definition) is 4. The van der Waals surface area contributed by atoms with Crippen molar-refractivity contribution in [2.24, 2.45) is 0 Å². The maximum atomic E-state index is 11.4. The van der Waals surface area contributed by atoms with E-state index in [1.807, 2.05) is 12.3 Å². The van der Waals surface area contributed by atoms with Gasteiger partial charge in [0.05, 0.1) is 11.9 Å². The van der Waals surface area contributed by atoms with Crippen molar-refractivity contribution in [3.05, 3.63) is 24.0 Å². The molecule has 1 aromatic heterocycles. The van der Waals surface area contributed by atoms with Crippen LogP contribution < -0.4 is 15.5 Å². The van der Waals surface area contributed by atoms with E-state index in [-0.39, 0.29) is 5.91 Å². The van der Waals surface area contributed by atoms with E-state index in [0.717, 1.165) is 18.8 Å². The van der Waals surface area contributed by atoms with Crippen LogP contribution in [0.5, 0.6) is 0 Å². The van der Waals surface area contributed by atoms with Crippen molar-refractivity contribution >= 4 is 11.6 Å². The standard InChI is InChI=1S/C13H18N4O/c1-14-13(18)12-5-4-11(8-16-12)17-9-2-3-10(17)7-15-6-9/h4-5,8-10,15H,2-3,6-7H2,1H3,(H,14,18). The first kappa shape index (κ1) is 11.5. The van der Waals surface area contributed by atoms with Gasteiger partial charge in [0.2, 0.25) is 0 Å². The minimum absolute atomic E-state index is 0.134. The molecule has 2 aliphatic heterocycles. The van der Waals surface area contributed by atoms with Crippen LogP contribution in [0.3, 0.4) is 0 Å². The summed E-state index contributed by atoms with van der Waals surface area (Å²) in [6, 6.07) is 4.97. The second-order valence-corrected chi connectivity index (χ2v) is 4.93. The van der Waals surface area contributed by atoms with Crippen molar-refractivity contribution in [1.82, 2.24) is 15.6 Å². The molecule has 2 bridgehead atoms. The van der Waals surface area contributed by atoms with E-state index in [9.17, 15) is 4.79 Å². The normalized spacial score (nSPS) is 26.2. The second-order valence-electron chi connectivity index (χ2n) is 4.93. The lowest BCUT2D eigenvalue weighted by atomic mass is 10.2. The van der Waals surface area contributed by atoms with Gasteiger partial charge in [-0.15, -0.1) is 0 Å². The Morgan fingerprint density at radius 2 is 2.11 bits per heavy atom. The summed E-state index contributed by atoms with van der Waals surface area (Å²) < 4.78 is 0. The Hall–Kier alpha value is -1.62. The quantitative estimate of drug-likeness (QED) is 0.792.